The van der Waals surface area contributed by atoms with Gasteiger partial charge in [-0.3, -0.25) is 0 Å². The van der Waals surface area contributed by atoms with Crippen molar-refractivity contribution >= 4 is 0 Å². The van der Waals surface area contributed by atoms with Crippen LogP contribution < -0.4 is 18.9 Å². The molecule has 0 bridgehead atoms. The molecule has 0 N–H and O–H groups in total. The van der Waals surface area contributed by atoms with Crippen molar-refractivity contribution in [3.05, 3.63) is 11.6 Å². The lowest BCUT2D eigenvalue weighted by Gasteiger charge is -2.22. The number of hydrogen-bond acceptors (Lipinski definition) is 7. The molecule has 0 aliphatic rings. The van der Waals surface area contributed by atoms with Crippen LogP contribution in [-0.2, 0) is 15.9 Å². The summed E-state index contributed by atoms with van der Waals surface area (Å²) >= 11 is 0. The van der Waals surface area contributed by atoms with Crippen molar-refractivity contribution in [1.82, 2.24) is 0 Å². The molecule has 0 amide bonds. The molecule has 0 saturated heterocycles. The van der Waals surface area contributed by atoms with Crippen molar-refractivity contribution in [2.75, 3.05) is 42.7 Å². The Labute approximate surface area is 136 Å². The number of methoxy groups -OCH3 is 6. The molecular formula is C16H23NO6. The molecule has 0 aliphatic carbocycles. The minimum absolute atomic E-state index is 0.336. The van der Waals surface area contributed by atoms with E-state index in [-0.39, 0.29) is 0 Å². The predicted molar refractivity (Wildman–Crippen MR) is 83.3 cm³/mol. The highest BCUT2D eigenvalue weighted by atomic mass is 16.7. The van der Waals surface area contributed by atoms with E-state index in [1.165, 1.54) is 42.7 Å². The first kappa shape index (κ1) is 18.9. The predicted octanol–water partition coefficient (Wildman–Crippen LogP) is 2.02. The SMILES string of the molecule is COc1cc(CC(C#N)C(OC)OC)c(OC)c(OC)c1OC. The van der Waals surface area contributed by atoms with Crippen LogP contribution in [0.2, 0.25) is 0 Å². The Hall–Kier alpha value is -2.17. The van der Waals surface area contributed by atoms with Gasteiger partial charge in [0.2, 0.25) is 11.5 Å². The van der Waals surface area contributed by atoms with Crippen molar-refractivity contribution in [3.8, 4) is 29.1 Å². The molecule has 1 unspecified atom stereocenters. The topological polar surface area (TPSA) is 79.2 Å². The molecular weight excluding hydrogens is 302 g/mol. The first-order chi connectivity index (χ1) is 11.1. The zero-order valence-corrected chi connectivity index (χ0v) is 14.3. The summed E-state index contributed by atoms with van der Waals surface area (Å²) in [6.45, 7) is 0. The summed E-state index contributed by atoms with van der Waals surface area (Å²) in [6.07, 6.45) is -0.313. The lowest BCUT2D eigenvalue weighted by Crippen LogP contribution is -2.25. The third kappa shape index (κ3) is 3.97. The molecule has 1 atom stereocenters. The van der Waals surface area contributed by atoms with E-state index < -0.39 is 12.2 Å². The lowest BCUT2D eigenvalue weighted by molar-refractivity contribution is -0.124. The number of rotatable bonds is 9. The summed E-state index contributed by atoms with van der Waals surface area (Å²) in [6, 6.07) is 3.95. The van der Waals surface area contributed by atoms with Gasteiger partial charge in [0.15, 0.2) is 17.8 Å². The van der Waals surface area contributed by atoms with Crippen LogP contribution in [0, 0.1) is 17.2 Å². The highest BCUT2D eigenvalue weighted by molar-refractivity contribution is 5.63. The van der Waals surface area contributed by atoms with E-state index >= 15 is 0 Å². The zero-order valence-electron chi connectivity index (χ0n) is 14.3. The molecule has 1 rings (SSSR count). The maximum absolute atomic E-state index is 9.40. The molecule has 23 heavy (non-hydrogen) atoms. The molecule has 0 aliphatic heterocycles. The van der Waals surface area contributed by atoms with Gasteiger partial charge in [0.05, 0.1) is 34.5 Å². The normalized spacial score (nSPS) is 11.7. The van der Waals surface area contributed by atoms with Gasteiger partial charge in [0.1, 0.15) is 5.92 Å². The Morgan fingerprint density at radius 1 is 0.870 bits per heavy atom. The fraction of sp³-hybridized carbons (Fsp3) is 0.562. The summed E-state index contributed by atoms with van der Waals surface area (Å²) in [5.74, 6) is 1.29. The van der Waals surface area contributed by atoms with Crippen molar-refractivity contribution in [2.45, 2.75) is 12.7 Å². The van der Waals surface area contributed by atoms with Crippen molar-refractivity contribution < 1.29 is 28.4 Å². The van der Waals surface area contributed by atoms with Gasteiger partial charge in [-0.25, -0.2) is 0 Å². The standard InChI is InChI=1S/C16H23NO6/c1-18-12-8-10(7-11(9-17)16(22-5)23-6)13(19-2)15(21-4)14(12)20-3/h8,11,16H,7H2,1-6H3. The second-order valence-electron chi connectivity index (χ2n) is 4.62. The molecule has 0 heterocycles. The maximum Gasteiger partial charge on any atom is 0.207 e. The lowest BCUT2D eigenvalue weighted by atomic mass is 9.98. The monoisotopic (exact) mass is 325 g/mol. The Morgan fingerprint density at radius 3 is 1.83 bits per heavy atom. The summed E-state index contributed by atoms with van der Waals surface area (Å²) < 4.78 is 31.9. The van der Waals surface area contributed by atoms with E-state index in [1.54, 1.807) is 6.07 Å². The zero-order chi connectivity index (χ0) is 17.4. The Balaban J connectivity index is 3.37. The van der Waals surface area contributed by atoms with E-state index in [0.717, 1.165) is 5.56 Å². The van der Waals surface area contributed by atoms with Gasteiger partial charge in [-0.15, -0.1) is 0 Å². The molecule has 1 aromatic rings. The number of nitriles is 1. The van der Waals surface area contributed by atoms with Crippen LogP contribution in [0.4, 0.5) is 0 Å². The third-order valence-electron chi connectivity index (χ3n) is 3.46. The van der Waals surface area contributed by atoms with Gasteiger partial charge in [-0.2, -0.15) is 5.26 Å². The smallest absolute Gasteiger partial charge is 0.207 e. The average Bonchev–Trinajstić information content (AvgIpc) is 2.59. The van der Waals surface area contributed by atoms with Crippen LogP contribution >= 0.6 is 0 Å². The van der Waals surface area contributed by atoms with Crippen LogP contribution in [0.5, 0.6) is 23.0 Å². The molecule has 0 radical (unpaired) electrons. The average molecular weight is 325 g/mol. The quantitative estimate of drug-likeness (QED) is 0.643. The van der Waals surface area contributed by atoms with Gasteiger partial charge in [0, 0.05) is 19.8 Å². The van der Waals surface area contributed by atoms with Crippen molar-refractivity contribution in [3.63, 3.8) is 0 Å². The van der Waals surface area contributed by atoms with Crippen LogP contribution in [0.1, 0.15) is 5.56 Å². The van der Waals surface area contributed by atoms with Gasteiger partial charge in [-0.05, 0) is 12.5 Å². The Morgan fingerprint density at radius 2 is 1.43 bits per heavy atom. The van der Waals surface area contributed by atoms with Crippen molar-refractivity contribution in [2.24, 2.45) is 5.92 Å². The van der Waals surface area contributed by atoms with Gasteiger partial charge < -0.3 is 28.4 Å². The molecule has 1 aromatic carbocycles. The summed E-state index contributed by atoms with van der Waals surface area (Å²) in [4.78, 5) is 0. The molecule has 7 heteroatoms. The Bertz CT molecular complexity index is 550. The summed E-state index contributed by atoms with van der Waals surface area (Å²) in [5, 5.41) is 9.40. The molecule has 128 valence electrons. The molecule has 0 saturated carbocycles. The van der Waals surface area contributed by atoms with E-state index in [2.05, 4.69) is 6.07 Å². The fourth-order valence-electron chi connectivity index (χ4n) is 2.42. The second kappa shape index (κ2) is 9.08. The molecule has 0 spiro atoms. The fourth-order valence-corrected chi connectivity index (χ4v) is 2.42. The minimum atomic E-state index is -0.649. The molecule has 0 aromatic heterocycles. The number of nitrogens with zero attached hydrogens (tertiary/aromatic N) is 1. The second-order valence-corrected chi connectivity index (χ2v) is 4.62. The first-order valence-corrected chi connectivity index (χ1v) is 6.92. The summed E-state index contributed by atoms with van der Waals surface area (Å²) in [5.41, 5.74) is 0.729. The maximum atomic E-state index is 9.40. The molecule has 0 fully saturated rings. The number of benzene rings is 1. The third-order valence-corrected chi connectivity index (χ3v) is 3.46. The van der Waals surface area contributed by atoms with Gasteiger partial charge in [0.25, 0.3) is 0 Å². The van der Waals surface area contributed by atoms with E-state index in [0.29, 0.717) is 29.4 Å². The van der Waals surface area contributed by atoms with Gasteiger partial charge in [-0.1, -0.05) is 0 Å². The number of hydrogen-bond donors (Lipinski definition) is 0. The first-order valence-electron chi connectivity index (χ1n) is 6.92. The van der Waals surface area contributed by atoms with Crippen LogP contribution in [0.15, 0.2) is 6.07 Å². The Kier molecular flexibility index (Phi) is 7.45. The van der Waals surface area contributed by atoms with Crippen LogP contribution in [-0.4, -0.2) is 48.9 Å². The van der Waals surface area contributed by atoms with Crippen LogP contribution in [0.3, 0.4) is 0 Å². The van der Waals surface area contributed by atoms with Gasteiger partial charge >= 0.3 is 0 Å². The highest BCUT2D eigenvalue weighted by Crippen LogP contribution is 2.47. The highest BCUT2D eigenvalue weighted by Gasteiger charge is 2.27. The van der Waals surface area contributed by atoms with Crippen LogP contribution in [0.25, 0.3) is 0 Å². The minimum Gasteiger partial charge on any atom is -0.493 e. The van der Waals surface area contributed by atoms with E-state index in [4.69, 9.17) is 28.4 Å². The van der Waals surface area contributed by atoms with Crippen molar-refractivity contribution in [1.29, 1.82) is 5.26 Å². The van der Waals surface area contributed by atoms with E-state index in [1.807, 2.05) is 0 Å². The molecule has 7 nitrogen and oxygen atoms in total. The summed E-state index contributed by atoms with van der Waals surface area (Å²) in [7, 11) is 9.07. The van der Waals surface area contributed by atoms with E-state index in [9.17, 15) is 5.26 Å². The number of ether oxygens (including phenoxy) is 6. The largest absolute Gasteiger partial charge is 0.493 e.